The van der Waals surface area contributed by atoms with Gasteiger partial charge in [-0.2, -0.15) is 0 Å². The first kappa shape index (κ1) is 21.8. The van der Waals surface area contributed by atoms with Crippen LogP contribution in [0.3, 0.4) is 0 Å². The van der Waals surface area contributed by atoms with Gasteiger partial charge in [0.2, 0.25) is 0 Å². The normalized spacial score (nSPS) is 32.3. The molecule has 0 radical (unpaired) electrons. The molecule has 4 aliphatic rings. The van der Waals surface area contributed by atoms with E-state index in [2.05, 4.69) is 84.6 Å². The van der Waals surface area contributed by atoms with Crippen LogP contribution in [-0.2, 0) is 14.3 Å². The van der Waals surface area contributed by atoms with Gasteiger partial charge in [-0.15, -0.1) is 0 Å². The van der Waals surface area contributed by atoms with Crippen LogP contribution >= 0.6 is 0 Å². The van der Waals surface area contributed by atoms with E-state index in [4.69, 9.17) is 9.47 Å². The van der Waals surface area contributed by atoms with Gasteiger partial charge in [-0.25, -0.2) is 14.8 Å². The van der Waals surface area contributed by atoms with E-state index in [9.17, 15) is 4.79 Å². The van der Waals surface area contributed by atoms with Gasteiger partial charge in [0.25, 0.3) is 0 Å². The van der Waals surface area contributed by atoms with E-state index in [1.807, 2.05) is 12.1 Å². The van der Waals surface area contributed by atoms with Crippen molar-refractivity contribution in [3.05, 3.63) is 65.8 Å². The third-order valence-corrected chi connectivity index (χ3v) is 6.09. The van der Waals surface area contributed by atoms with E-state index >= 15 is 0 Å². The Bertz CT molecular complexity index is 847. The molecule has 0 saturated carbocycles. The highest BCUT2D eigenvalue weighted by molar-refractivity contribution is 5.64. The van der Waals surface area contributed by atoms with Crippen LogP contribution in [0.1, 0.15) is 27.7 Å². The quantitative estimate of drug-likeness (QED) is 0.646. The Morgan fingerprint density at radius 3 is 1.81 bits per heavy atom. The highest BCUT2D eigenvalue weighted by Gasteiger charge is 2.31. The van der Waals surface area contributed by atoms with Gasteiger partial charge in [-0.3, -0.25) is 10.0 Å². The third-order valence-electron chi connectivity index (χ3n) is 6.09. The number of morpholine rings is 2. The number of rotatable bonds is 3. The molecule has 0 amide bonds. The molecule has 166 valence electrons. The van der Waals surface area contributed by atoms with Crippen LogP contribution in [0.5, 0.6) is 0 Å². The zero-order valence-corrected chi connectivity index (χ0v) is 18.8. The Labute approximate surface area is 184 Å². The van der Waals surface area contributed by atoms with Crippen LogP contribution in [-0.4, -0.2) is 76.6 Å². The van der Waals surface area contributed by atoms with Crippen molar-refractivity contribution in [2.45, 2.75) is 51.9 Å². The van der Waals surface area contributed by atoms with E-state index in [1.165, 1.54) is 6.08 Å². The maximum Gasteiger partial charge on any atom is 0.125 e. The Morgan fingerprint density at radius 1 is 0.806 bits per heavy atom. The lowest BCUT2D eigenvalue weighted by atomic mass is 9.97. The number of carbonyl (C=O) groups excluding carboxylic acids is 1. The van der Waals surface area contributed by atoms with Crippen LogP contribution in [0.15, 0.2) is 65.8 Å². The van der Waals surface area contributed by atoms with Gasteiger partial charge >= 0.3 is 0 Å². The molecule has 31 heavy (non-hydrogen) atoms. The second kappa shape index (κ2) is 9.39. The van der Waals surface area contributed by atoms with Crippen molar-refractivity contribution >= 4 is 5.94 Å². The maximum atomic E-state index is 11.3. The number of nitrogens with zero attached hydrogens (tertiary/aromatic N) is 4. The van der Waals surface area contributed by atoms with E-state index in [0.29, 0.717) is 25.3 Å². The second-order valence-electron chi connectivity index (χ2n) is 8.65. The van der Waals surface area contributed by atoms with E-state index in [-0.39, 0.29) is 12.1 Å². The van der Waals surface area contributed by atoms with Crippen molar-refractivity contribution in [1.29, 1.82) is 0 Å². The van der Waals surface area contributed by atoms with Crippen LogP contribution in [0.2, 0.25) is 0 Å². The average molecular weight is 425 g/mol. The number of hydrogen-bond acceptors (Lipinski definition) is 7. The van der Waals surface area contributed by atoms with E-state index in [0.717, 1.165) is 29.9 Å². The largest absolute Gasteiger partial charge is 0.378 e. The van der Waals surface area contributed by atoms with Gasteiger partial charge in [-0.05, 0) is 57.1 Å². The smallest absolute Gasteiger partial charge is 0.125 e. The first-order chi connectivity index (χ1) is 15.0. The first-order valence-corrected chi connectivity index (χ1v) is 11.0. The lowest BCUT2D eigenvalue weighted by Crippen LogP contribution is -2.55. The molecule has 4 unspecified atom stereocenters. The Morgan fingerprint density at radius 2 is 1.29 bits per heavy atom. The fourth-order valence-corrected chi connectivity index (χ4v) is 4.74. The number of hydrazine groups is 2. The molecule has 7 nitrogen and oxygen atoms in total. The minimum Gasteiger partial charge on any atom is -0.378 e. The van der Waals surface area contributed by atoms with Crippen molar-refractivity contribution in [2.75, 3.05) is 26.4 Å². The summed E-state index contributed by atoms with van der Waals surface area (Å²) in [6.45, 7) is 11.5. The average Bonchev–Trinajstić information content (AvgIpc) is 2.75. The molecule has 2 saturated heterocycles. The van der Waals surface area contributed by atoms with Crippen LogP contribution in [0.25, 0.3) is 0 Å². The fourth-order valence-electron chi connectivity index (χ4n) is 4.74. The van der Waals surface area contributed by atoms with Gasteiger partial charge in [0.1, 0.15) is 5.94 Å². The Hall–Kier alpha value is -2.41. The maximum absolute atomic E-state index is 11.3. The predicted molar refractivity (Wildman–Crippen MR) is 120 cm³/mol. The molecule has 0 N–H and O–H groups in total. The molecule has 2 fully saturated rings. The summed E-state index contributed by atoms with van der Waals surface area (Å²) in [7, 11) is 0. The van der Waals surface area contributed by atoms with E-state index < -0.39 is 0 Å². The standard InChI is InChI=1S/C24H32N4O3/c1-18-14-30-15-19(2)27(18)25-9-5-22(6-10-25)24-7-11-26(13-23(24)8-12-29)28-20(3)16-31-17-21(28)4/h5-11,13,18-21H,14-17H2,1-4H3. The topological polar surface area (TPSA) is 48.5 Å². The van der Waals surface area contributed by atoms with E-state index in [1.54, 1.807) is 0 Å². The predicted octanol–water partition coefficient (Wildman–Crippen LogP) is 2.78. The molecule has 4 aliphatic heterocycles. The summed E-state index contributed by atoms with van der Waals surface area (Å²) in [6, 6.07) is 1.12. The Kier molecular flexibility index (Phi) is 6.60. The van der Waals surface area contributed by atoms with Gasteiger partial charge in [0.05, 0.1) is 50.6 Å². The van der Waals surface area contributed by atoms with Gasteiger partial charge in [0.15, 0.2) is 0 Å². The minimum absolute atomic E-state index is 0.251. The van der Waals surface area contributed by atoms with Crippen molar-refractivity contribution in [3.63, 3.8) is 0 Å². The summed E-state index contributed by atoms with van der Waals surface area (Å²) < 4.78 is 11.3. The minimum atomic E-state index is 0.251. The molecule has 4 heterocycles. The lowest BCUT2D eigenvalue weighted by Gasteiger charge is -2.45. The molecule has 0 aromatic carbocycles. The number of ether oxygens (including phenoxy) is 2. The third kappa shape index (κ3) is 4.47. The Balaban J connectivity index is 1.57. The SMILES string of the molecule is CC1COCC(C)N1N1C=CC(=C2C=CN(N3C(C)COCC3C)C=C2C=C=O)C=C1. The number of allylic oxidation sites excluding steroid dienone is 7. The summed E-state index contributed by atoms with van der Waals surface area (Å²) in [5.41, 5.74) is 2.90. The second-order valence-corrected chi connectivity index (χ2v) is 8.65. The molecule has 0 spiro atoms. The fraction of sp³-hybridized carbons (Fsp3) is 0.500. The first-order valence-electron chi connectivity index (χ1n) is 11.0. The van der Waals surface area contributed by atoms with Crippen LogP contribution < -0.4 is 0 Å². The van der Waals surface area contributed by atoms with Crippen LogP contribution in [0, 0.1) is 0 Å². The molecule has 0 aliphatic carbocycles. The molecule has 0 aromatic heterocycles. The summed E-state index contributed by atoms with van der Waals surface area (Å²) in [5.74, 6) is 1.96. The molecule has 4 rings (SSSR count). The van der Waals surface area contributed by atoms with Gasteiger partial charge in [0, 0.05) is 36.4 Å². The van der Waals surface area contributed by atoms with Crippen LogP contribution in [0.4, 0.5) is 0 Å². The monoisotopic (exact) mass is 424 g/mol. The summed E-state index contributed by atoms with van der Waals surface area (Å²) in [5, 5.41) is 8.83. The van der Waals surface area contributed by atoms with Gasteiger partial charge in [-0.1, -0.05) is 0 Å². The highest BCUT2D eigenvalue weighted by Crippen LogP contribution is 2.29. The molecule has 7 heteroatoms. The zero-order chi connectivity index (χ0) is 22.0. The zero-order valence-electron chi connectivity index (χ0n) is 18.8. The molecular weight excluding hydrogens is 392 g/mol. The van der Waals surface area contributed by atoms with Crippen molar-refractivity contribution in [1.82, 2.24) is 20.0 Å². The summed E-state index contributed by atoms with van der Waals surface area (Å²) >= 11 is 0. The lowest BCUT2D eigenvalue weighted by molar-refractivity contribution is -0.114. The molecular formula is C24H32N4O3. The highest BCUT2D eigenvalue weighted by atomic mass is 16.5. The van der Waals surface area contributed by atoms with Crippen molar-refractivity contribution < 1.29 is 14.3 Å². The summed E-state index contributed by atoms with van der Waals surface area (Å²) in [4.78, 5) is 11.3. The molecule has 0 bridgehead atoms. The number of hydrogen-bond donors (Lipinski definition) is 0. The van der Waals surface area contributed by atoms with Crippen molar-refractivity contribution in [3.8, 4) is 0 Å². The van der Waals surface area contributed by atoms with Gasteiger partial charge < -0.3 is 9.47 Å². The van der Waals surface area contributed by atoms with Crippen molar-refractivity contribution in [2.24, 2.45) is 0 Å². The summed E-state index contributed by atoms with van der Waals surface area (Å²) in [6.07, 6.45) is 16.0. The molecule has 0 aromatic rings. The molecule has 4 atom stereocenters.